The molecule has 0 amide bonds. The number of pyridine rings is 1. The normalized spacial score (nSPS) is 11.3. The van der Waals surface area contributed by atoms with Gasteiger partial charge in [-0.2, -0.15) is 0 Å². The van der Waals surface area contributed by atoms with Crippen LogP contribution in [0.2, 0.25) is 0 Å². The van der Waals surface area contributed by atoms with E-state index in [1.807, 2.05) is 0 Å². The van der Waals surface area contributed by atoms with E-state index in [0.717, 1.165) is 6.42 Å². The van der Waals surface area contributed by atoms with Gasteiger partial charge >= 0.3 is 5.69 Å². The summed E-state index contributed by atoms with van der Waals surface area (Å²) in [6.07, 6.45) is 2.59. The Morgan fingerprint density at radius 3 is 2.71 bits per heavy atom. The fourth-order valence-corrected chi connectivity index (χ4v) is 1.36. The standard InChI is InChI=1S/C12H19N3O2/c1-5-12(3,4)8-14-11-10(15(16)17)9(2)6-7-13-11/h6-7H,5,8H2,1-4H3,(H,13,14). The van der Waals surface area contributed by atoms with Gasteiger partial charge in [0.1, 0.15) is 0 Å². The van der Waals surface area contributed by atoms with Crippen molar-refractivity contribution in [1.82, 2.24) is 4.98 Å². The summed E-state index contributed by atoms with van der Waals surface area (Å²) in [5, 5.41) is 14.0. The van der Waals surface area contributed by atoms with Crippen molar-refractivity contribution in [3.8, 4) is 0 Å². The number of anilines is 1. The summed E-state index contributed by atoms with van der Waals surface area (Å²) >= 11 is 0. The molecule has 1 aromatic heterocycles. The van der Waals surface area contributed by atoms with Crippen LogP contribution in [0.4, 0.5) is 11.5 Å². The van der Waals surface area contributed by atoms with Crippen LogP contribution in [0.1, 0.15) is 32.8 Å². The van der Waals surface area contributed by atoms with Crippen LogP contribution < -0.4 is 5.32 Å². The van der Waals surface area contributed by atoms with E-state index in [0.29, 0.717) is 17.9 Å². The minimum Gasteiger partial charge on any atom is -0.364 e. The number of aryl methyl sites for hydroxylation is 1. The van der Waals surface area contributed by atoms with Crippen LogP contribution in [-0.2, 0) is 0 Å². The van der Waals surface area contributed by atoms with Crippen molar-refractivity contribution >= 4 is 11.5 Å². The summed E-state index contributed by atoms with van der Waals surface area (Å²) in [4.78, 5) is 14.6. The summed E-state index contributed by atoms with van der Waals surface area (Å²) in [6, 6.07) is 1.65. The molecule has 94 valence electrons. The van der Waals surface area contributed by atoms with Gasteiger partial charge in [0.05, 0.1) is 4.92 Å². The first-order valence-corrected chi connectivity index (χ1v) is 5.71. The maximum absolute atomic E-state index is 11.0. The molecule has 0 unspecified atom stereocenters. The van der Waals surface area contributed by atoms with Crippen molar-refractivity contribution in [2.75, 3.05) is 11.9 Å². The highest BCUT2D eigenvalue weighted by atomic mass is 16.6. The van der Waals surface area contributed by atoms with Gasteiger partial charge in [-0.05, 0) is 24.8 Å². The Morgan fingerprint density at radius 1 is 1.53 bits per heavy atom. The number of nitro groups is 1. The second kappa shape index (κ2) is 5.12. The zero-order valence-electron chi connectivity index (χ0n) is 10.8. The molecule has 0 fully saturated rings. The highest BCUT2D eigenvalue weighted by Gasteiger charge is 2.21. The zero-order valence-corrected chi connectivity index (χ0v) is 10.8. The predicted octanol–water partition coefficient (Wildman–Crippen LogP) is 3.15. The minimum absolute atomic E-state index is 0.0689. The lowest BCUT2D eigenvalue weighted by Gasteiger charge is -2.23. The molecule has 0 saturated carbocycles. The second-order valence-electron chi connectivity index (χ2n) is 4.95. The maximum Gasteiger partial charge on any atom is 0.314 e. The molecule has 0 atom stereocenters. The van der Waals surface area contributed by atoms with E-state index in [2.05, 4.69) is 31.1 Å². The highest BCUT2D eigenvalue weighted by molar-refractivity contribution is 5.59. The first-order valence-electron chi connectivity index (χ1n) is 5.71. The van der Waals surface area contributed by atoms with Gasteiger partial charge in [-0.25, -0.2) is 4.98 Å². The number of nitrogens with one attached hydrogen (secondary N) is 1. The molecular weight excluding hydrogens is 218 g/mol. The summed E-state index contributed by atoms with van der Waals surface area (Å²) in [5.74, 6) is 0.358. The number of hydrogen-bond acceptors (Lipinski definition) is 4. The van der Waals surface area contributed by atoms with Crippen LogP contribution in [0.3, 0.4) is 0 Å². The lowest BCUT2D eigenvalue weighted by atomic mass is 9.90. The van der Waals surface area contributed by atoms with Crippen LogP contribution in [0.5, 0.6) is 0 Å². The summed E-state index contributed by atoms with van der Waals surface area (Å²) in [7, 11) is 0. The molecule has 1 rings (SSSR count). The van der Waals surface area contributed by atoms with Crippen molar-refractivity contribution in [1.29, 1.82) is 0 Å². The Balaban J connectivity index is 2.92. The van der Waals surface area contributed by atoms with E-state index in [1.54, 1.807) is 19.2 Å². The Labute approximate surface area is 101 Å². The molecule has 0 spiro atoms. The van der Waals surface area contributed by atoms with Crippen LogP contribution >= 0.6 is 0 Å². The second-order valence-corrected chi connectivity index (χ2v) is 4.95. The molecule has 0 aliphatic carbocycles. The highest BCUT2D eigenvalue weighted by Crippen LogP contribution is 2.27. The fraction of sp³-hybridized carbons (Fsp3) is 0.583. The van der Waals surface area contributed by atoms with Gasteiger partial charge in [-0.1, -0.05) is 20.8 Å². The van der Waals surface area contributed by atoms with Gasteiger partial charge in [0, 0.05) is 18.3 Å². The molecule has 0 aromatic carbocycles. The summed E-state index contributed by atoms with van der Waals surface area (Å²) in [5.41, 5.74) is 0.792. The molecule has 0 aliphatic rings. The molecule has 1 N–H and O–H groups in total. The number of aromatic nitrogens is 1. The van der Waals surface area contributed by atoms with Crippen molar-refractivity contribution in [2.45, 2.75) is 34.1 Å². The van der Waals surface area contributed by atoms with Crippen LogP contribution in [0.15, 0.2) is 12.3 Å². The molecule has 0 bridgehead atoms. The topological polar surface area (TPSA) is 68.1 Å². The van der Waals surface area contributed by atoms with E-state index in [-0.39, 0.29) is 16.0 Å². The smallest absolute Gasteiger partial charge is 0.314 e. The molecule has 0 aliphatic heterocycles. The SMILES string of the molecule is CCC(C)(C)CNc1nccc(C)c1[N+](=O)[O-]. The third-order valence-corrected chi connectivity index (χ3v) is 3.00. The van der Waals surface area contributed by atoms with Gasteiger partial charge in [-0.3, -0.25) is 10.1 Å². The third kappa shape index (κ3) is 3.41. The van der Waals surface area contributed by atoms with E-state index in [9.17, 15) is 10.1 Å². The van der Waals surface area contributed by atoms with E-state index in [1.165, 1.54) is 0 Å². The summed E-state index contributed by atoms with van der Waals surface area (Å²) in [6.45, 7) is 8.71. The van der Waals surface area contributed by atoms with Crippen molar-refractivity contribution in [3.05, 3.63) is 27.9 Å². The molecule has 0 radical (unpaired) electrons. The van der Waals surface area contributed by atoms with E-state index >= 15 is 0 Å². The number of rotatable bonds is 5. The Kier molecular flexibility index (Phi) is 4.04. The third-order valence-electron chi connectivity index (χ3n) is 3.00. The molecule has 1 aromatic rings. The average molecular weight is 237 g/mol. The molecule has 1 heterocycles. The van der Waals surface area contributed by atoms with Gasteiger partial charge < -0.3 is 5.32 Å². The largest absolute Gasteiger partial charge is 0.364 e. The fourth-order valence-electron chi connectivity index (χ4n) is 1.36. The Morgan fingerprint density at radius 2 is 2.18 bits per heavy atom. The van der Waals surface area contributed by atoms with E-state index < -0.39 is 0 Å². The molecule has 17 heavy (non-hydrogen) atoms. The molecule has 5 heteroatoms. The van der Waals surface area contributed by atoms with Crippen LogP contribution in [0, 0.1) is 22.5 Å². The monoisotopic (exact) mass is 237 g/mol. The van der Waals surface area contributed by atoms with Gasteiger partial charge in [-0.15, -0.1) is 0 Å². The average Bonchev–Trinajstić information content (AvgIpc) is 2.26. The lowest BCUT2D eigenvalue weighted by Crippen LogP contribution is -2.23. The van der Waals surface area contributed by atoms with Gasteiger partial charge in [0.2, 0.25) is 5.82 Å². The Hall–Kier alpha value is -1.65. The molecule has 5 nitrogen and oxygen atoms in total. The van der Waals surface area contributed by atoms with Crippen LogP contribution in [-0.4, -0.2) is 16.5 Å². The van der Waals surface area contributed by atoms with Crippen molar-refractivity contribution < 1.29 is 4.92 Å². The lowest BCUT2D eigenvalue weighted by molar-refractivity contribution is -0.384. The van der Waals surface area contributed by atoms with Crippen LogP contribution in [0.25, 0.3) is 0 Å². The molecule has 0 saturated heterocycles. The first kappa shape index (κ1) is 13.4. The zero-order chi connectivity index (χ0) is 13.1. The number of hydrogen-bond donors (Lipinski definition) is 1. The van der Waals surface area contributed by atoms with Gasteiger partial charge in [0.15, 0.2) is 0 Å². The molecular formula is C12H19N3O2. The maximum atomic E-state index is 11.0. The Bertz CT molecular complexity index is 416. The summed E-state index contributed by atoms with van der Waals surface area (Å²) < 4.78 is 0. The van der Waals surface area contributed by atoms with E-state index in [4.69, 9.17) is 0 Å². The quantitative estimate of drug-likeness (QED) is 0.631. The van der Waals surface area contributed by atoms with Crippen molar-refractivity contribution in [2.24, 2.45) is 5.41 Å². The van der Waals surface area contributed by atoms with Crippen molar-refractivity contribution in [3.63, 3.8) is 0 Å². The first-order chi connectivity index (χ1) is 7.87. The number of nitrogens with zero attached hydrogens (tertiary/aromatic N) is 2. The predicted molar refractivity (Wildman–Crippen MR) is 68.2 cm³/mol. The minimum atomic E-state index is -0.385. The van der Waals surface area contributed by atoms with Gasteiger partial charge in [0.25, 0.3) is 0 Å².